The predicted octanol–water partition coefficient (Wildman–Crippen LogP) is 0.0777. The minimum atomic E-state index is -3.76. The number of rotatable bonds is 5. The van der Waals surface area contributed by atoms with Crippen molar-refractivity contribution in [3.05, 3.63) is 6.33 Å². The van der Waals surface area contributed by atoms with Crippen LogP contribution < -0.4 is 10.5 Å². The maximum atomic E-state index is 12.0. The molecule has 1 heterocycles. The van der Waals surface area contributed by atoms with Crippen LogP contribution in [0.4, 0.5) is 5.82 Å². The summed E-state index contributed by atoms with van der Waals surface area (Å²) in [6, 6.07) is 0. The second-order valence-corrected chi connectivity index (χ2v) is 7.50. The normalized spacial score (nSPS) is 14.6. The number of aryl methyl sites for hydroxylation is 1. The van der Waals surface area contributed by atoms with E-state index in [-0.39, 0.29) is 22.8 Å². The topological polar surface area (TPSA) is 110 Å². The highest BCUT2D eigenvalue weighted by Crippen LogP contribution is 2.21. The first-order valence-corrected chi connectivity index (χ1v) is 7.46. The van der Waals surface area contributed by atoms with Gasteiger partial charge in [0.1, 0.15) is 0 Å². The lowest BCUT2D eigenvalue weighted by Crippen LogP contribution is -2.35. The standard InChI is InChI=1S/C11H22N4O3S/c1-11(2,3)5-8(16)6-14-19(17,18)10-9(12)13-7-15(10)4/h7-8,14,16H,5-6,12H2,1-4H3. The molecule has 0 spiro atoms. The number of anilines is 1. The molecule has 1 rings (SSSR count). The number of hydrogen-bond donors (Lipinski definition) is 3. The number of aliphatic hydroxyl groups is 1. The molecule has 1 unspecified atom stereocenters. The fourth-order valence-corrected chi connectivity index (χ4v) is 3.12. The van der Waals surface area contributed by atoms with Crippen molar-refractivity contribution in [3.63, 3.8) is 0 Å². The van der Waals surface area contributed by atoms with Gasteiger partial charge in [-0.15, -0.1) is 0 Å². The van der Waals surface area contributed by atoms with Crippen molar-refractivity contribution >= 4 is 15.8 Å². The fraction of sp³-hybridized carbons (Fsp3) is 0.727. The lowest BCUT2D eigenvalue weighted by molar-refractivity contribution is 0.125. The maximum absolute atomic E-state index is 12.0. The first-order valence-electron chi connectivity index (χ1n) is 5.97. The second kappa shape index (κ2) is 5.48. The molecule has 110 valence electrons. The Hall–Kier alpha value is -1.12. The molecule has 19 heavy (non-hydrogen) atoms. The number of nitrogens with one attached hydrogen (secondary N) is 1. The van der Waals surface area contributed by atoms with E-state index >= 15 is 0 Å². The van der Waals surface area contributed by atoms with E-state index in [1.807, 2.05) is 20.8 Å². The van der Waals surface area contributed by atoms with E-state index in [9.17, 15) is 13.5 Å². The van der Waals surface area contributed by atoms with Crippen LogP contribution in [0, 0.1) is 5.41 Å². The number of aromatic nitrogens is 2. The quantitative estimate of drug-likeness (QED) is 0.711. The summed E-state index contributed by atoms with van der Waals surface area (Å²) in [6.07, 6.45) is 1.08. The Balaban J connectivity index is 2.72. The number of nitrogens with two attached hydrogens (primary N) is 1. The molecule has 1 aromatic heterocycles. The number of hydrogen-bond acceptors (Lipinski definition) is 5. The highest BCUT2D eigenvalue weighted by molar-refractivity contribution is 7.89. The Morgan fingerprint density at radius 1 is 1.53 bits per heavy atom. The molecule has 1 aromatic rings. The summed E-state index contributed by atoms with van der Waals surface area (Å²) in [5, 5.41) is 9.72. The van der Waals surface area contributed by atoms with Crippen LogP contribution in [0.25, 0.3) is 0 Å². The van der Waals surface area contributed by atoms with Crippen LogP contribution in [-0.4, -0.2) is 35.7 Å². The van der Waals surface area contributed by atoms with Gasteiger partial charge in [0.15, 0.2) is 10.8 Å². The molecule has 4 N–H and O–H groups in total. The molecule has 0 radical (unpaired) electrons. The molecule has 0 bridgehead atoms. The van der Waals surface area contributed by atoms with Crippen LogP contribution in [0.3, 0.4) is 0 Å². The van der Waals surface area contributed by atoms with Crippen LogP contribution in [0.5, 0.6) is 0 Å². The maximum Gasteiger partial charge on any atom is 0.260 e. The van der Waals surface area contributed by atoms with Gasteiger partial charge in [-0.3, -0.25) is 0 Å². The van der Waals surface area contributed by atoms with E-state index in [0.29, 0.717) is 6.42 Å². The zero-order valence-electron chi connectivity index (χ0n) is 11.7. The third kappa shape index (κ3) is 4.48. The molecular weight excluding hydrogens is 268 g/mol. The van der Waals surface area contributed by atoms with Crippen LogP contribution >= 0.6 is 0 Å². The van der Waals surface area contributed by atoms with Crippen LogP contribution in [-0.2, 0) is 17.1 Å². The Labute approximate surface area is 113 Å². The van der Waals surface area contributed by atoms with Gasteiger partial charge in [-0.25, -0.2) is 18.1 Å². The number of imidazole rings is 1. The lowest BCUT2D eigenvalue weighted by Gasteiger charge is -2.22. The van der Waals surface area contributed by atoms with Gasteiger partial charge in [-0.2, -0.15) is 0 Å². The molecule has 0 fully saturated rings. The van der Waals surface area contributed by atoms with E-state index in [1.54, 1.807) is 7.05 Å². The molecule has 0 saturated heterocycles. The largest absolute Gasteiger partial charge is 0.392 e. The molecule has 0 aliphatic rings. The third-order valence-electron chi connectivity index (χ3n) is 2.52. The molecule has 1 atom stereocenters. The van der Waals surface area contributed by atoms with Gasteiger partial charge in [-0.05, 0) is 11.8 Å². The Morgan fingerprint density at radius 3 is 2.53 bits per heavy atom. The average molecular weight is 290 g/mol. The van der Waals surface area contributed by atoms with Crippen molar-refractivity contribution in [3.8, 4) is 0 Å². The van der Waals surface area contributed by atoms with Gasteiger partial charge in [0.05, 0.1) is 12.4 Å². The second-order valence-electron chi connectivity index (χ2n) is 5.82. The monoisotopic (exact) mass is 290 g/mol. The van der Waals surface area contributed by atoms with Gasteiger partial charge >= 0.3 is 0 Å². The zero-order valence-corrected chi connectivity index (χ0v) is 12.5. The predicted molar refractivity (Wildman–Crippen MR) is 72.9 cm³/mol. The molecular formula is C11H22N4O3S. The minimum absolute atomic E-state index is 0.0514. The van der Waals surface area contributed by atoms with Crippen molar-refractivity contribution < 1.29 is 13.5 Å². The first kappa shape index (κ1) is 15.9. The highest BCUT2D eigenvalue weighted by atomic mass is 32.2. The van der Waals surface area contributed by atoms with E-state index in [2.05, 4.69) is 9.71 Å². The van der Waals surface area contributed by atoms with Crippen LogP contribution in [0.15, 0.2) is 11.4 Å². The third-order valence-corrected chi connectivity index (χ3v) is 4.07. The molecule has 0 saturated carbocycles. The van der Waals surface area contributed by atoms with Gasteiger partial charge in [-0.1, -0.05) is 20.8 Å². The van der Waals surface area contributed by atoms with Crippen LogP contribution in [0.1, 0.15) is 27.2 Å². The van der Waals surface area contributed by atoms with Crippen molar-refractivity contribution in [1.29, 1.82) is 0 Å². The number of aliphatic hydroxyl groups excluding tert-OH is 1. The Morgan fingerprint density at radius 2 is 2.11 bits per heavy atom. The summed E-state index contributed by atoms with van der Waals surface area (Å²) in [5.41, 5.74) is 5.45. The number of nitrogens with zero attached hydrogens (tertiary/aromatic N) is 2. The SMILES string of the molecule is Cn1cnc(N)c1S(=O)(=O)NCC(O)CC(C)(C)C. The molecule has 0 aliphatic carbocycles. The number of sulfonamides is 1. The average Bonchev–Trinajstić information content (AvgIpc) is 2.54. The summed E-state index contributed by atoms with van der Waals surface area (Å²) in [5.74, 6) is -0.0553. The van der Waals surface area contributed by atoms with Crippen molar-refractivity contribution in [2.45, 2.75) is 38.3 Å². The summed E-state index contributed by atoms with van der Waals surface area (Å²) in [6.45, 7) is 5.88. The van der Waals surface area contributed by atoms with Gasteiger partial charge in [0.25, 0.3) is 10.0 Å². The van der Waals surface area contributed by atoms with Gasteiger partial charge in [0, 0.05) is 13.6 Å². The minimum Gasteiger partial charge on any atom is -0.392 e. The first-order chi connectivity index (χ1) is 8.53. The molecule has 0 aromatic carbocycles. The summed E-state index contributed by atoms with van der Waals surface area (Å²) in [4.78, 5) is 3.73. The lowest BCUT2D eigenvalue weighted by atomic mass is 9.89. The van der Waals surface area contributed by atoms with Gasteiger partial charge in [0.2, 0.25) is 0 Å². The van der Waals surface area contributed by atoms with Crippen LogP contribution in [0.2, 0.25) is 0 Å². The van der Waals surface area contributed by atoms with E-state index < -0.39 is 16.1 Å². The molecule has 0 aliphatic heterocycles. The van der Waals surface area contributed by atoms with Gasteiger partial charge < -0.3 is 15.4 Å². The highest BCUT2D eigenvalue weighted by Gasteiger charge is 2.24. The summed E-state index contributed by atoms with van der Waals surface area (Å²) >= 11 is 0. The van der Waals surface area contributed by atoms with Crippen molar-refractivity contribution in [1.82, 2.24) is 14.3 Å². The smallest absolute Gasteiger partial charge is 0.260 e. The Kier molecular flexibility index (Phi) is 4.59. The zero-order chi connectivity index (χ0) is 14.8. The summed E-state index contributed by atoms with van der Waals surface area (Å²) in [7, 11) is -2.22. The van der Waals surface area contributed by atoms with E-state index in [0.717, 1.165) is 0 Å². The molecule has 0 amide bonds. The number of nitrogen functional groups attached to an aromatic ring is 1. The van der Waals surface area contributed by atoms with E-state index in [1.165, 1.54) is 10.9 Å². The fourth-order valence-electron chi connectivity index (χ4n) is 1.82. The van der Waals surface area contributed by atoms with Crippen molar-refractivity contribution in [2.75, 3.05) is 12.3 Å². The Bertz CT molecular complexity index is 511. The van der Waals surface area contributed by atoms with E-state index in [4.69, 9.17) is 5.73 Å². The molecule has 7 nitrogen and oxygen atoms in total. The molecule has 8 heteroatoms. The summed E-state index contributed by atoms with van der Waals surface area (Å²) < 4.78 is 27.8. The van der Waals surface area contributed by atoms with Crippen molar-refractivity contribution in [2.24, 2.45) is 12.5 Å².